The van der Waals surface area contributed by atoms with Crippen LogP contribution in [0.1, 0.15) is 22.8 Å². The number of benzene rings is 2. The van der Waals surface area contributed by atoms with Crippen molar-refractivity contribution < 1.29 is 28.0 Å². The van der Waals surface area contributed by atoms with Crippen LogP contribution in [0.25, 0.3) is 0 Å². The molecule has 8 nitrogen and oxygen atoms in total. The number of nitrogens with one attached hydrogen (secondary N) is 1. The van der Waals surface area contributed by atoms with Gasteiger partial charge in [-0.2, -0.15) is 0 Å². The second kappa shape index (κ2) is 9.02. The molecular formula is C23H21ClF2N4O4. The van der Waals surface area contributed by atoms with Crippen LogP contribution in [0.15, 0.2) is 42.5 Å². The van der Waals surface area contributed by atoms with Crippen molar-refractivity contribution >= 4 is 35.4 Å². The van der Waals surface area contributed by atoms with Gasteiger partial charge in [0, 0.05) is 31.2 Å². The minimum Gasteiger partial charge on any atom is -0.338 e. The van der Waals surface area contributed by atoms with E-state index in [1.54, 1.807) is 0 Å². The van der Waals surface area contributed by atoms with Crippen molar-refractivity contribution in [1.29, 1.82) is 0 Å². The topological polar surface area (TPSA) is 90.0 Å². The van der Waals surface area contributed by atoms with Gasteiger partial charge in [0.1, 0.15) is 23.7 Å². The molecule has 0 saturated carbocycles. The summed E-state index contributed by atoms with van der Waals surface area (Å²) in [6, 6.07) is 8.17. The summed E-state index contributed by atoms with van der Waals surface area (Å²) in [5.74, 6) is -2.78. The lowest BCUT2D eigenvalue weighted by molar-refractivity contribution is -0.139. The molecular weight excluding hydrogens is 470 g/mol. The van der Waals surface area contributed by atoms with Gasteiger partial charge in [-0.25, -0.2) is 13.6 Å². The Hall–Kier alpha value is -3.53. The van der Waals surface area contributed by atoms with E-state index in [4.69, 9.17) is 11.6 Å². The smallest absolute Gasteiger partial charge is 0.325 e. The summed E-state index contributed by atoms with van der Waals surface area (Å²) in [6.07, 6.45) is 0. The molecule has 2 aromatic carbocycles. The lowest BCUT2D eigenvalue weighted by atomic mass is 9.92. The lowest BCUT2D eigenvalue weighted by Crippen LogP contribution is -2.53. The second-order valence-corrected chi connectivity index (χ2v) is 8.69. The van der Waals surface area contributed by atoms with Gasteiger partial charge < -0.3 is 15.1 Å². The largest absolute Gasteiger partial charge is 0.338 e. The fraction of sp³-hybridized carbons (Fsp3) is 0.304. The van der Waals surface area contributed by atoms with Gasteiger partial charge in [-0.05, 0) is 42.8 Å². The first-order chi connectivity index (χ1) is 16.1. The molecule has 11 heteroatoms. The predicted octanol–water partition coefficient (Wildman–Crippen LogP) is 2.37. The van der Waals surface area contributed by atoms with Crippen molar-refractivity contribution in [2.75, 3.05) is 32.7 Å². The van der Waals surface area contributed by atoms with Gasteiger partial charge in [-0.1, -0.05) is 23.7 Å². The van der Waals surface area contributed by atoms with Gasteiger partial charge in [0.15, 0.2) is 0 Å². The van der Waals surface area contributed by atoms with Gasteiger partial charge in [-0.15, -0.1) is 0 Å². The summed E-state index contributed by atoms with van der Waals surface area (Å²) in [5, 5.41) is 2.81. The Balaban J connectivity index is 1.38. The normalized spacial score (nSPS) is 20.5. The number of carbonyl (C=O) groups excluding carboxylic acids is 4. The van der Waals surface area contributed by atoms with Crippen molar-refractivity contribution in [2.45, 2.75) is 12.5 Å². The molecule has 2 fully saturated rings. The van der Waals surface area contributed by atoms with Gasteiger partial charge in [0.2, 0.25) is 5.91 Å². The molecule has 2 aliphatic rings. The van der Waals surface area contributed by atoms with Crippen LogP contribution in [0.5, 0.6) is 0 Å². The highest BCUT2D eigenvalue weighted by Crippen LogP contribution is 2.29. The highest BCUT2D eigenvalue weighted by molar-refractivity contribution is 6.31. The molecule has 4 rings (SSSR count). The first-order valence-corrected chi connectivity index (χ1v) is 10.9. The Morgan fingerprint density at radius 3 is 2.26 bits per heavy atom. The standard InChI is InChI=1S/C23H21ClF2N4O4/c1-23(14-2-5-16(25)6-3-14)21(33)30(22(34)27-23)13-19(31)28-8-10-29(11-9-28)20(32)17-12-15(24)4-7-18(17)26/h2-7,12H,8-11,13H2,1H3,(H,27,34). The summed E-state index contributed by atoms with van der Waals surface area (Å²) in [5.41, 5.74) is -1.17. The molecule has 0 bridgehead atoms. The van der Waals surface area contributed by atoms with E-state index in [0.717, 1.165) is 11.0 Å². The predicted molar refractivity (Wildman–Crippen MR) is 118 cm³/mol. The number of hydrogen-bond acceptors (Lipinski definition) is 4. The van der Waals surface area contributed by atoms with Crippen LogP contribution in [0.2, 0.25) is 5.02 Å². The maximum Gasteiger partial charge on any atom is 0.325 e. The van der Waals surface area contributed by atoms with Crippen LogP contribution < -0.4 is 5.32 Å². The van der Waals surface area contributed by atoms with Gasteiger partial charge in [0.25, 0.3) is 11.8 Å². The van der Waals surface area contributed by atoms with E-state index in [1.165, 1.54) is 53.1 Å². The van der Waals surface area contributed by atoms with Crippen molar-refractivity contribution in [1.82, 2.24) is 20.0 Å². The zero-order valence-electron chi connectivity index (χ0n) is 18.2. The third-order valence-corrected chi connectivity index (χ3v) is 6.30. The fourth-order valence-corrected chi connectivity index (χ4v) is 4.22. The Morgan fingerprint density at radius 1 is 1.00 bits per heavy atom. The molecule has 0 spiro atoms. The fourth-order valence-electron chi connectivity index (χ4n) is 4.05. The number of halogens is 3. The van der Waals surface area contributed by atoms with Crippen molar-refractivity contribution in [3.63, 3.8) is 0 Å². The van der Waals surface area contributed by atoms with E-state index in [1.807, 2.05) is 0 Å². The highest BCUT2D eigenvalue weighted by atomic mass is 35.5. The van der Waals surface area contributed by atoms with E-state index in [9.17, 15) is 28.0 Å². The molecule has 0 aromatic heterocycles. The molecule has 2 aliphatic heterocycles. The summed E-state index contributed by atoms with van der Waals surface area (Å²) < 4.78 is 27.3. The van der Waals surface area contributed by atoms with Gasteiger partial charge >= 0.3 is 6.03 Å². The number of urea groups is 1. The Labute approximate surface area is 199 Å². The summed E-state index contributed by atoms with van der Waals surface area (Å²) in [4.78, 5) is 54.6. The molecule has 5 amide bonds. The van der Waals surface area contributed by atoms with Gasteiger partial charge in [0.05, 0.1) is 5.56 Å². The number of amides is 5. The number of piperazine rings is 1. The monoisotopic (exact) mass is 490 g/mol. The summed E-state index contributed by atoms with van der Waals surface area (Å²) in [7, 11) is 0. The van der Waals surface area contributed by atoms with E-state index in [-0.39, 0.29) is 36.8 Å². The molecule has 34 heavy (non-hydrogen) atoms. The van der Waals surface area contributed by atoms with Crippen LogP contribution >= 0.6 is 11.6 Å². The third-order valence-electron chi connectivity index (χ3n) is 6.07. The van der Waals surface area contributed by atoms with E-state index in [2.05, 4.69) is 5.32 Å². The van der Waals surface area contributed by atoms with Crippen LogP contribution in [-0.4, -0.2) is 71.2 Å². The molecule has 2 aromatic rings. The number of rotatable bonds is 4. The summed E-state index contributed by atoms with van der Waals surface area (Å²) >= 11 is 5.86. The van der Waals surface area contributed by atoms with Crippen molar-refractivity contribution in [2.24, 2.45) is 0 Å². The second-order valence-electron chi connectivity index (χ2n) is 8.25. The third kappa shape index (κ3) is 4.33. The molecule has 2 saturated heterocycles. The average molecular weight is 491 g/mol. The van der Waals surface area contributed by atoms with Crippen LogP contribution in [-0.2, 0) is 15.1 Å². The van der Waals surface area contributed by atoms with Crippen molar-refractivity contribution in [3.05, 3.63) is 70.2 Å². The number of carbonyl (C=O) groups is 4. The minimum atomic E-state index is -1.42. The van der Waals surface area contributed by atoms with Crippen LogP contribution in [0.4, 0.5) is 13.6 Å². The molecule has 1 N–H and O–H groups in total. The maximum atomic E-state index is 14.0. The zero-order valence-corrected chi connectivity index (χ0v) is 18.9. The maximum absolute atomic E-state index is 14.0. The minimum absolute atomic E-state index is 0.147. The van der Waals surface area contributed by atoms with E-state index < -0.39 is 47.5 Å². The molecule has 2 heterocycles. The molecule has 1 atom stereocenters. The van der Waals surface area contributed by atoms with Crippen molar-refractivity contribution in [3.8, 4) is 0 Å². The molecule has 0 aliphatic carbocycles. The lowest BCUT2D eigenvalue weighted by Gasteiger charge is -2.35. The average Bonchev–Trinajstić information content (AvgIpc) is 3.04. The molecule has 1 unspecified atom stereocenters. The number of hydrogen-bond donors (Lipinski definition) is 1. The SMILES string of the molecule is CC1(c2ccc(F)cc2)NC(=O)N(CC(=O)N2CCN(C(=O)c3cc(Cl)ccc3F)CC2)C1=O. The Morgan fingerprint density at radius 2 is 1.62 bits per heavy atom. The van der Waals surface area contributed by atoms with E-state index >= 15 is 0 Å². The van der Waals surface area contributed by atoms with Crippen LogP contribution in [0, 0.1) is 11.6 Å². The van der Waals surface area contributed by atoms with E-state index in [0.29, 0.717) is 5.56 Å². The summed E-state index contributed by atoms with van der Waals surface area (Å²) in [6.45, 7) is 1.65. The number of nitrogens with zero attached hydrogens (tertiary/aromatic N) is 3. The van der Waals surface area contributed by atoms with Gasteiger partial charge in [-0.3, -0.25) is 19.3 Å². The highest BCUT2D eigenvalue weighted by Gasteiger charge is 2.49. The number of imide groups is 1. The zero-order chi connectivity index (χ0) is 24.6. The Bertz CT molecular complexity index is 1170. The Kier molecular flexibility index (Phi) is 6.26. The molecule has 0 radical (unpaired) electrons. The first-order valence-electron chi connectivity index (χ1n) is 10.5. The van der Waals surface area contributed by atoms with Crippen LogP contribution in [0.3, 0.4) is 0 Å². The quantitative estimate of drug-likeness (QED) is 0.666. The molecule has 178 valence electrons. The first kappa shape index (κ1) is 23.6.